The van der Waals surface area contributed by atoms with Crippen molar-refractivity contribution in [1.29, 1.82) is 0 Å². The van der Waals surface area contributed by atoms with Gasteiger partial charge in [-0.3, -0.25) is 9.78 Å². The summed E-state index contributed by atoms with van der Waals surface area (Å²) in [6.45, 7) is 0. The lowest BCUT2D eigenvalue weighted by atomic mass is 10.1. The van der Waals surface area contributed by atoms with Crippen molar-refractivity contribution in [2.75, 3.05) is 0 Å². The van der Waals surface area contributed by atoms with Gasteiger partial charge in [0.25, 0.3) is 0 Å². The molecule has 1 aliphatic rings. The Morgan fingerprint density at radius 1 is 1.18 bits per heavy atom. The van der Waals surface area contributed by atoms with Gasteiger partial charge in [0.2, 0.25) is 5.78 Å². The Morgan fingerprint density at radius 3 is 2.95 bits per heavy atom. The second kappa shape index (κ2) is 5.35. The summed E-state index contributed by atoms with van der Waals surface area (Å²) in [4.78, 5) is 20.0. The molecule has 0 aliphatic carbocycles. The van der Waals surface area contributed by atoms with Gasteiger partial charge in [-0.05, 0) is 12.1 Å². The molecule has 0 fully saturated rings. The lowest BCUT2D eigenvalue weighted by molar-refractivity contribution is 0.102. The molecule has 2 N–H and O–H groups in total. The van der Waals surface area contributed by atoms with E-state index in [1.165, 1.54) is 0 Å². The molecule has 4 rings (SSSR count). The Balaban J connectivity index is 1.60. The fraction of sp³-hybridized carbons (Fsp3) is 0.0588. The summed E-state index contributed by atoms with van der Waals surface area (Å²) < 4.78 is 0. The van der Waals surface area contributed by atoms with E-state index in [0.717, 1.165) is 16.5 Å². The first-order chi connectivity index (χ1) is 10.8. The monoisotopic (exact) mass is 307 g/mol. The van der Waals surface area contributed by atoms with E-state index in [2.05, 4.69) is 15.3 Å². The normalized spacial score (nSPS) is 17.3. The van der Waals surface area contributed by atoms with Crippen LogP contribution in [0.15, 0.2) is 66.1 Å². The van der Waals surface area contributed by atoms with Crippen LogP contribution in [0, 0.1) is 0 Å². The van der Waals surface area contributed by atoms with E-state index in [1.54, 1.807) is 24.2 Å². The maximum Gasteiger partial charge on any atom is 0.211 e. The summed E-state index contributed by atoms with van der Waals surface area (Å²) in [5.41, 5.74) is 3.36. The minimum Gasteiger partial charge on any atom is -0.366 e. The van der Waals surface area contributed by atoms with Gasteiger partial charge in [-0.2, -0.15) is 0 Å². The highest BCUT2D eigenvalue weighted by molar-refractivity contribution is 8.02. The second-order valence-corrected chi connectivity index (χ2v) is 6.03. The molecule has 0 radical (unpaired) electrons. The van der Waals surface area contributed by atoms with E-state index >= 15 is 0 Å². The summed E-state index contributed by atoms with van der Waals surface area (Å²) in [6, 6.07) is 11.7. The van der Waals surface area contributed by atoms with Gasteiger partial charge in [0.05, 0.1) is 5.70 Å². The maximum absolute atomic E-state index is 12.7. The van der Waals surface area contributed by atoms with E-state index in [4.69, 9.17) is 0 Å². The molecule has 5 heteroatoms. The Hall–Kier alpha value is -2.53. The molecule has 1 unspecified atom stereocenters. The summed E-state index contributed by atoms with van der Waals surface area (Å²) in [5, 5.41) is 6.16. The number of hydrogen-bond acceptors (Lipinski definition) is 4. The van der Waals surface area contributed by atoms with Gasteiger partial charge in [0.1, 0.15) is 5.37 Å². The van der Waals surface area contributed by atoms with Crippen LogP contribution in [0.1, 0.15) is 21.3 Å². The highest BCUT2D eigenvalue weighted by Gasteiger charge is 2.25. The van der Waals surface area contributed by atoms with Crippen molar-refractivity contribution in [3.63, 3.8) is 0 Å². The SMILES string of the molecule is O=C(C1=CSC(c2cccnc2)N1)c1c[nH]c2ccccc12. The lowest BCUT2D eigenvalue weighted by Gasteiger charge is -2.11. The molecule has 22 heavy (non-hydrogen) atoms. The largest absolute Gasteiger partial charge is 0.366 e. The van der Waals surface area contributed by atoms with Crippen LogP contribution < -0.4 is 5.32 Å². The maximum atomic E-state index is 12.7. The van der Waals surface area contributed by atoms with Gasteiger partial charge in [-0.25, -0.2) is 0 Å². The lowest BCUT2D eigenvalue weighted by Crippen LogP contribution is -2.19. The molecule has 0 saturated heterocycles. The molecule has 0 bridgehead atoms. The van der Waals surface area contributed by atoms with Crippen molar-refractivity contribution in [3.05, 3.63) is 77.2 Å². The smallest absolute Gasteiger partial charge is 0.211 e. The van der Waals surface area contributed by atoms with Crippen LogP contribution in [0.4, 0.5) is 0 Å². The van der Waals surface area contributed by atoms with Gasteiger partial charge in [0, 0.05) is 46.0 Å². The van der Waals surface area contributed by atoms with Gasteiger partial charge in [-0.15, -0.1) is 11.8 Å². The zero-order chi connectivity index (χ0) is 14.9. The van der Waals surface area contributed by atoms with Gasteiger partial charge in [0.15, 0.2) is 0 Å². The number of carbonyl (C=O) groups excluding carboxylic acids is 1. The second-order valence-electron chi connectivity index (χ2n) is 5.06. The third-order valence-electron chi connectivity index (χ3n) is 3.67. The van der Waals surface area contributed by atoms with Gasteiger partial charge < -0.3 is 10.3 Å². The minimum absolute atomic E-state index is 0.0105. The number of nitrogens with zero attached hydrogens (tertiary/aromatic N) is 1. The van der Waals surface area contributed by atoms with Crippen LogP contribution in [0.2, 0.25) is 0 Å². The van der Waals surface area contributed by atoms with E-state index in [-0.39, 0.29) is 11.2 Å². The number of pyridine rings is 1. The first-order valence-corrected chi connectivity index (χ1v) is 7.90. The summed E-state index contributed by atoms with van der Waals surface area (Å²) in [6.07, 6.45) is 5.34. The van der Waals surface area contributed by atoms with Crippen molar-refractivity contribution in [1.82, 2.24) is 15.3 Å². The Bertz CT molecular complexity index is 870. The first-order valence-electron chi connectivity index (χ1n) is 6.96. The molecule has 2 aromatic heterocycles. The van der Waals surface area contributed by atoms with Gasteiger partial charge in [-0.1, -0.05) is 24.3 Å². The molecular weight excluding hydrogens is 294 g/mol. The molecule has 0 spiro atoms. The molecule has 4 nitrogen and oxygen atoms in total. The quantitative estimate of drug-likeness (QED) is 0.726. The topological polar surface area (TPSA) is 57.8 Å². The Kier molecular flexibility index (Phi) is 3.20. The summed E-state index contributed by atoms with van der Waals surface area (Å²) in [7, 11) is 0. The van der Waals surface area contributed by atoms with E-state index in [1.807, 2.05) is 48.0 Å². The van der Waals surface area contributed by atoms with Crippen LogP contribution in [-0.4, -0.2) is 15.8 Å². The number of hydrogen-bond donors (Lipinski definition) is 2. The molecule has 3 heterocycles. The van der Waals surface area contributed by atoms with Crippen molar-refractivity contribution in [3.8, 4) is 0 Å². The number of thioether (sulfide) groups is 1. The molecule has 108 valence electrons. The van der Waals surface area contributed by atoms with Crippen LogP contribution in [0.3, 0.4) is 0 Å². The zero-order valence-electron chi connectivity index (χ0n) is 11.6. The van der Waals surface area contributed by atoms with Crippen molar-refractivity contribution in [2.24, 2.45) is 0 Å². The van der Waals surface area contributed by atoms with Crippen LogP contribution in [-0.2, 0) is 0 Å². The van der Waals surface area contributed by atoms with Crippen molar-refractivity contribution < 1.29 is 4.79 Å². The first kappa shape index (κ1) is 13.2. The fourth-order valence-electron chi connectivity index (χ4n) is 2.56. The number of fused-ring (bicyclic) bond motifs is 1. The number of rotatable bonds is 3. The van der Waals surface area contributed by atoms with Gasteiger partial charge >= 0.3 is 0 Å². The van der Waals surface area contributed by atoms with Crippen molar-refractivity contribution in [2.45, 2.75) is 5.37 Å². The molecular formula is C17H13N3OS. The number of para-hydroxylation sites is 1. The predicted octanol–water partition coefficient (Wildman–Crippen LogP) is 3.62. The number of ketones is 1. The number of benzene rings is 1. The minimum atomic E-state index is 0.0105. The van der Waals surface area contributed by atoms with Crippen LogP contribution in [0.25, 0.3) is 10.9 Å². The molecule has 0 saturated carbocycles. The number of carbonyl (C=O) groups is 1. The third kappa shape index (κ3) is 2.19. The molecule has 0 amide bonds. The highest BCUT2D eigenvalue weighted by Crippen LogP contribution is 2.35. The Labute approximate surface area is 131 Å². The number of allylic oxidation sites excluding steroid dienone is 1. The number of aromatic nitrogens is 2. The highest BCUT2D eigenvalue weighted by atomic mass is 32.2. The van der Waals surface area contributed by atoms with E-state index < -0.39 is 0 Å². The molecule has 1 aliphatic heterocycles. The molecule has 3 aromatic rings. The molecule has 1 aromatic carbocycles. The third-order valence-corrected chi connectivity index (χ3v) is 4.71. The number of nitrogens with one attached hydrogen (secondary N) is 2. The number of H-pyrrole nitrogens is 1. The number of aromatic amines is 1. The van der Waals surface area contributed by atoms with E-state index in [9.17, 15) is 4.79 Å². The average molecular weight is 307 g/mol. The average Bonchev–Trinajstić information content (AvgIpc) is 3.22. The fourth-order valence-corrected chi connectivity index (χ4v) is 3.50. The van der Waals surface area contributed by atoms with Crippen LogP contribution >= 0.6 is 11.8 Å². The standard InChI is InChI=1S/C17H13N3OS/c21-16(13-9-19-14-6-2-1-5-12(13)14)15-10-22-17(20-15)11-4-3-7-18-8-11/h1-10,17,19-20H. The molecule has 1 atom stereocenters. The van der Waals surface area contributed by atoms with Crippen molar-refractivity contribution >= 4 is 28.4 Å². The summed E-state index contributed by atoms with van der Waals surface area (Å²) in [5.74, 6) is 0.0105. The zero-order valence-corrected chi connectivity index (χ0v) is 12.4. The number of Topliss-reactive ketones (excluding diaryl/α,β-unsaturated/α-hetero) is 1. The van der Waals surface area contributed by atoms with E-state index in [0.29, 0.717) is 11.3 Å². The van der Waals surface area contributed by atoms with Crippen LogP contribution in [0.5, 0.6) is 0 Å². The predicted molar refractivity (Wildman–Crippen MR) is 88.4 cm³/mol. The Morgan fingerprint density at radius 2 is 2.09 bits per heavy atom. The summed E-state index contributed by atoms with van der Waals surface area (Å²) >= 11 is 1.59.